The van der Waals surface area contributed by atoms with Gasteiger partial charge in [0.2, 0.25) is 0 Å². The molecule has 2 aliphatic heterocycles. The lowest BCUT2D eigenvalue weighted by Crippen LogP contribution is -2.34. The molecular weight excluding hydrogens is 452 g/mol. The first-order valence-electron chi connectivity index (χ1n) is 12.5. The van der Waals surface area contributed by atoms with Gasteiger partial charge in [-0.3, -0.25) is 4.79 Å². The standard InChI is InChI=1S/C25H36N4O6/c1-17-14-20(6-7-21(17)23(32)26-15-19(31)16-30)33-12-2-4-18-8-10-29(11-9-18)25-27-24(35-28-25)22-5-3-13-34-22/h6-7,14,18-19,22,30-31H,2-5,8-13,15-16H2,1H3,(H,26,32)/t19-,22?/m0/s1. The number of aliphatic hydroxyl groups is 2. The predicted octanol–water partition coefficient (Wildman–Crippen LogP) is 2.39. The van der Waals surface area contributed by atoms with Crippen LogP contribution in [0.4, 0.5) is 5.95 Å². The second-order valence-electron chi connectivity index (χ2n) is 9.38. The topological polar surface area (TPSA) is 130 Å². The monoisotopic (exact) mass is 488 g/mol. The summed E-state index contributed by atoms with van der Waals surface area (Å²) in [4.78, 5) is 19.0. The number of aliphatic hydroxyl groups excluding tert-OH is 2. The largest absolute Gasteiger partial charge is 0.494 e. The summed E-state index contributed by atoms with van der Waals surface area (Å²) in [5.74, 6) is 2.39. The van der Waals surface area contributed by atoms with Crippen LogP contribution in [-0.2, 0) is 4.74 Å². The molecule has 1 unspecified atom stereocenters. The molecule has 1 aromatic carbocycles. The number of anilines is 1. The molecule has 10 nitrogen and oxygen atoms in total. The summed E-state index contributed by atoms with van der Waals surface area (Å²) >= 11 is 0. The van der Waals surface area contributed by atoms with Crippen LogP contribution >= 0.6 is 0 Å². The molecule has 4 rings (SSSR count). The van der Waals surface area contributed by atoms with Gasteiger partial charge in [0.25, 0.3) is 17.7 Å². The highest BCUT2D eigenvalue weighted by Crippen LogP contribution is 2.30. The van der Waals surface area contributed by atoms with Crippen molar-refractivity contribution in [2.45, 2.75) is 57.7 Å². The van der Waals surface area contributed by atoms with E-state index in [1.165, 1.54) is 0 Å². The van der Waals surface area contributed by atoms with E-state index in [0.29, 0.717) is 29.9 Å². The van der Waals surface area contributed by atoms with Gasteiger partial charge in [-0.25, -0.2) is 0 Å². The van der Waals surface area contributed by atoms with Crippen LogP contribution < -0.4 is 15.0 Å². The number of aromatic nitrogens is 2. The van der Waals surface area contributed by atoms with Gasteiger partial charge in [0, 0.05) is 31.8 Å². The van der Waals surface area contributed by atoms with Gasteiger partial charge in [-0.2, -0.15) is 4.98 Å². The molecule has 2 aromatic rings. The molecule has 3 N–H and O–H groups in total. The van der Waals surface area contributed by atoms with E-state index in [-0.39, 0.29) is 25.2 Å². The Hall–Kier alpha value is -2.69. The summed E-state index contributed by atoms with van der Waals surface area (Å²) in [7, 11) is 0. The molecule has 0 spiro atoms. The molecule has 0 radical (unpaired) electrons. The molecule has 192 valence electrons. The second kappa shape index (κ2) is 12.3. The van der Waals surface area contributed by atoms with Gasteiger partial charge in [0.15, 0.2) is 0 Å². The molecular formula is C25H36N4O6. The van der Waals surface area contributed by atoms with Crippen molar-refractivity contribution in [3.8, 4) is 5.75 Å². The van der Waals surface area contributed by atoms with Crippen LogP contribution in [0, 0.1) is 12.8 Å². The molecule has 0 saturated carbocycles. The van der Waals surface area contributed by atoms with Gasteiger partial charge in [-0.05, 0) is 80.3 Å². The van der Waals surface area contributed by atoms with E-state index < -0.39 is 6.10 Å². The smallest absolute Gasteiger partial charge is 0.266 e. The normalized spacial score (nSPS) is 19.6. The van der Waals surface area contributed by atoms with E-state index in [1.807, 2.05) is 13.0 Å². The summed E-state index contributed by atoms with van der Waals surface area (Å²) in [5, 5.41) is 25.0. The van der Waals surface area contributed by atoms with Crippen LogP contribution in [0.25, 0.3) is 0 Å². The average Bonchev–Trinajstić information content (AvgIpc) is 3.58. The molecule has 2 aliphatic rings. The lowest BCUT2D eigenvalue weighted by molar-refractivity contribution is 0.0801. The van der Waals surface area contributed by atoms with Crippen LogP contribution in [0.5, 0.6) is 5.75 Å². The van der Waals surface area contributed by atoms with E-state index in [0.717, 1.165) is 69.5 Å². The van der Waals surface area contributed by atoms with Gasteiger partial charge < -0.3 is 34.4 Å². The first kappa shape index (κ1) is 25.4. The Bertz CT molecular complexity index is 953. The third-order valence-corrected chi connectivity index (χ3v) is 6.71. The van der Waals surface area contributed by atoms with Crippen LogP contribution in [-0.4, -0.2) is 71.8 Å². The Balaban J connectivity index is 1.14. The number of hydrogen-bond acceptors (Lipinski definition) is 9. The Kier molecular flexibility index (Phi) is 8.95. The zero-order chi connectivity index (χ0) is 24.6. The summed E-state index contributed by atoms with van der Waals surface area (Å²) in [6.07, 6.45) is 5.24. The van der Waals surface area contributed by atoms with Crippen molar-refractivity contribution in [2.24, 2.45) is 5.92 Å². The van der Waals surface area contributed by atoms with Crippen molar-refractivity contribution in [1.29, 1.82) is 0 Å². The second-order valence-corrected chi connectivity index (χ2v) is 9.38. The third-order valence-electron chi connectivity index (χ3n) is 6.71. The van der Waals surface area contributed by atoms with E-state index in [2.05, 4.69) is 20.4 Å². The van der Waals surface area contributed by atoms with Crippen molar-refractivity contribution in [2.75, 3.05) is 44.4 Å². The van der Waals surface area contributed by atoms with Crippen molar-refractivity contribution in [1.82, 2.24) is 15.5 Å². The molecule has 2 fully saturated rings. The zero-order valence-electron chi connectivity index (χ0n) is 20.3. The van der Waals surface area contributed by atoms with Crippen LogP contribution in [0.3, 0.4) is 0 Å². The maximum absolute atomic E-state index is 12.2. The number of nitrogens with one attached hydrogen (secondary N) is 1. The highest BCUT2D eigenvalue weighted by molar-refractivity contribution is 5.95. The average molecular weight is 489 g/mol. The summed E-state index contributed by atoms with van der Waals surface area (Å²) in [5.41, 5.74) is 1.33. The van der Waals surface area contributed by atoms with Gasteiger partial charge in [-0.15, -0.1) is 0 Å². The fraction of sp³-hybridized carbons (Fsp3) is 0.640. The summed E-state index contributed by atoms with van der Waals surface area (Å²) in [6, 6.07) is 5.37. The summed E-state index contributed by atoms with van der Waals surface area (Å²) < 4.78 is 17.0. The first-order valence-corrected chi connectivity index (χ1v) is 12.5. The Morgan fingerprint density at radius 1 is 1.31 bits per heavy atom. The Morgan fingerprint density at radius 3 is 2.86 bits per heavy atom. The maximum atomic E-state index is 12.2. The number of piperidine rings is 1. The van der Waals surface area contributed by atoms with Crippen LogP contribution in [0.15, 0.2) is 22.7 Å². The van der Waals surface area contributed by atoms with E-state index in [4.69, 9.17) is 19.1 Å². The maximum Gasteiger partial charge on any atom is 0.266 e. The number of carbonyl (C=O) groups excluding carboxylic acids is 1. The van der Waals surface area contributed by atoms with Crippen molar-refractivity contribution < 1.29 is 29.0 Å². The van der Waals surface area contributed by atoms with Crippen molar-refractivity contribution in [3.05, 3.63) is 35.2 Å². The number of amides is 1. The molecule has 3 heterocycles. The molecule has 1 aromatic heterocycles. The predicted molar refractivity (Wildman–Crippen MR) is 128 cm³/mol. The number of benzene rings is 1. The van der Waals surface area contributed by atoms with Crippen molar-refractivity contribution >= 4 is 11.9 Å². The number of carbonyl (C=O) groups is 1. The number of nitrogens with zero attached hydrogens (tertiary/aromatic N) is 3. The molecule has 0 aliphatic carbocycles. The minimum atomic E-state index is -0.961. The fourth-order valence-corrected chi connectivity index (χ4v) is 4.59. The van der Waals surface area contributed by atoms with Gasteiger partial charge >= 0.3 is 0 Å². The molecule has 2 saturated heterocycles. The first-order chi connectivity index (χ1) is 17.0. The Morgan fingerprint density at radius 2 is 2.14 bits per heavy atom. The Labute approximate surface area is 205 Å². The molecule has 0 bridgehead atoms. The number of hydrogen-bond donors (Lipinski definition) is 3. The third kappa shape index (κ3) is 6.93. The van der Waals surface area contributed by atoms with Gasteiger partial charge in [0.05, 0.1) is 19.3 Å². The lowest BCUT2D eigenvalue weighted by atomic mass is 9.92. The van der Waals surface area contributed by atoms with Crippen molar-refractivity contribution in [3.63, 3.8) is 0 Å². The van der Waals surface area contributed by atoms with Crippen LogP contribution in [0.1, 0.15) is 66.4 Å². The fourth-order valence-electron chi connectivity index (χ4n) is 4.59. The van der Waals surface area contributed by atoms with Crippen LogP contribution in [0.2, 0.25) is 0 Å². The number of rotatable bonds is 11. The zero-order valence-corrected chi connectivity index (χ0v) is 20.3. The minimum absolute atomic E-state index is 0.0114. The number of aryl methyl sites for hydroxylation is 1. The highest BCUT2D eigenvalue weighted by atomic mass is 16.5. The van der Waals surface area contributed by atoms with Gasteiger partial charge in [-0.1, -0.05) is 0 Å². The minimum Gasteiger partial charge on any atom is -0.494 e. The van der Waals surface area contributed by atoms with E-state index in [1.54, 1.807) is 12.1 Å². The van der Waals surface area contributed by atoms with Gasteiger partial charge in [0.1, 0.15) is 11.9 Å². The molecule has 10 heteroatoms. The van der Waals surface area contributed by atoms with E-state index in [9.17, 15) is 9.90 Å². The molecule has 35 heavy (non-hydrogen) atoms. The summed E-state index contributed by atoms with van der Waals surface area (Å²) in [6.45, 7) is 4.72. The van der Waals surface area contributed by atoms with E-state index >= 15 is 0 Å². The lowest BCUT2D eigenvalue weighted by Gasteiger charge is -2.30. The molecule has 2 atom stereocenters. The highest BCUT2D eigenvalue weighted by Gasteiger charge is 2.27. The quantitative estimate of drug-likeness (QED) is 0.408. The number of ether oxygens (including phenoxy) is 2. The SMILES string of the molecule is Cc1cc(OCCCC2CCN(c3noc(C4CCCO4)n3)CC2)ccc1C(=O)NC[C@H](O)CO. The molecule has 1 amide bonds.